The van der Waals surface area contributed by atoms with E-state index in [1.807, 2.05) is 0 Å². The molecule has 1 amide bonds. The van der Waals surface area contributed by atoms with E-state index in [0.717, 1.165) is 52.1 Å². The van der Waals surface area contributed by atoms with Crippen molar-refractivity contribution < 1.29 is 9.53 Å². The van der Waals surface area contributed by atoms with Crippen LogP contribution in [0.15, 0.2) is 0 Å². The summed E-state index contributed by atoms with van der Waals surface area (Å²) in [5, 5.41) is 3.16. The lowest BCUT2D eigenvalue weighted by Gasteiger charge is -2.45. The van der Waals surface area contributed by atoms with Crippen LogP contribution in [0.4, 0.5) is 0 Å². The van der Waals surface area contributed by atoms with Crippen molar-refractivity contribution in [2.24, 2.45) is 5.92 Å². The van der Waals surface area contributed by atoms with Gasteiger partial charge in [-0.1, -0.05) is 0 Å². The summed E-state index contributed by atoms with van der Waals surface area (Å²) in [6, 6.07) is 0. The number of amides is 1. The second kappa shape index (κ2) is 6.87. The van der Waals surface area contributed by atoms with E-state index in [2.05, 4.69) is 36.3 Å². The molecule has 0 spiro atoms. The predicted octanol–water partition coefficient (Wildman–Crippen LogP) is 0.555. The highest BCUT2D eigenvalue weighted by Crippen LogP contribution is 2.26. The molecule has 0 aromatic carbocycles. The van der Waals surface area contributed by atoms with Gasteiger partial charge in [-0.25, -0.2) is 0 Å². The van der Waals surface area contributed by atoms with Gasteiger partial charge in [0.25, 0.3) is 0 Å². The number of likely N-dealkylation sites (tertiary alicyclic amines) is 1. The van der Waals surface area contributed by atoms with Crippen LogP contribution in [0.2, 0.25) is 0 Å². The first-order valence-electron chi connectivity index (χ1n) is 7.72. The fourth-order valence-electron chi connectivity index (χ4n) is 3.16. The largest absolute Gasteiger partial charge is 0.381 e. The van der Waals surface area contributed by atoms with Crippen LogP contribution in [0.3, 0.4) is 0 Å². The van der Waals surface area contributed by atoms with Crippen LogP contribution in [0, 0.1) is 5.92 Å². The molecular formula is C15H29N3O2. The predicted molar refractivity (Wildman–Crippen MR) is 79.7 cm³/mol. The number of rotatable bonds is 5. The highest BCUT2D eigenvalue weighted by atomic mass is 16.5. The minimum Gasteiger partial charge on any atom is -0.381 e. The smallest absolute Gasteiger partial charge is 0.220 e. The molecule has 0 aromatic rings. The molecule has 0 bridgehead atoms. The number of carbonyl (C=O) groups is 1. The second-order valence-electron chi connectivity index (χ2n) is 6.63. The highest BCUT2D eigenvalue weighted by Gasteiger charge is 2.36. The molecule has 1 atom stereocenters. The molecule has 0 aliphatic carbocycles. The van der Waals surface area contributed by atoms with Crippen molar-refractivity contribution in [2.75, 3.05) is 54.0 Å². The summed E-state index contributed by atoms with van der Waals surface area (Å²) in [5.41, 5.74) is 0.119. The molecule has 5 heteroatoms. The van der Waals surface area contributed by atoms with E-state index in [1.54, 1.807) is 0 Å². The van der Waals surface area contributed by atoms with Gasteiger partial charge in [0.15, 0.2) is 0 Å². The summed E-state index contributed by atoms with van der Waals surface area (Å²) in [6.45, 7) is 4.53. The quantitative estimate of drug-likeness (QED) is 0.800. The summed E-state index contributed by atoms with van der Waals surface area (Å²) in [6.07, 6.45) is 3.87. The summed E-state index contributed by atoms with van der Waals surface area (Å²) >= 11 is 0. The van der Waals surface area contributed by atoms with E-state index in [4.69, 9.17) is 4.74 Å². The van der Waals surface area contributed by atoms with Crippen LogP contribution < -0.4 is 5.32 Å². The van der Waals surface area contributed by atoms with Gasteiger partial charge < -0.3 is 19.9 Å². The lowest BCUT2D eigenvalue weighted by atomic mass is 9.86. The van der Waals surface area contributed by atoms with Gasteiger partial charge in [-0.3, -0.25) is 4.79 Å². The van der Waals surface area contributed by atoms with E-state index in [1.165, 1.54) is 0 Å². The zero-order chi connectivity index (χ0) is 14.6. The van der Waals surface area contributed by atoms with Gasteiger partial charge in [-0.15, -0.1) is 0 Å². The molecule has 0 aromatic heterocycles. The van der Waals surface area contributed by atoms with Gasteiger partial charge >= 0.3 is 0 Å². The number of hydrogen-bond acceptors (Lipinski definition) is 4. The first-order chi connectivity index (χ1) is 9.52. The van der Waals surface area contributed by atoms with Gasteiger partial charge in [0.05, 0.1) is 0 Å². The number of hydrogen-bond donors (Lipinski definition) is 1. The Morgan fingerprint density at radius 2 is 2.10 bits per heavy atom. The van der Waals surface area contributed by atoms with Gasteiger partial charge in [-0.2, -0.15) is 0 Å². The third-order valence-corrected chi connectivity index (χ3v) is 4.98. The Hall–Kier alpha value is -0.650. The topological polar surface area (TPSA) is 44.8 Å². The zero-order valence-electron chi connectivity index (χ0n) is 13.2. The molecule has 2 saturated heterocycles. The lowest BCUT2D eigenvalue weighted by molar-refractivity contribution is -0.122. The second-order valence-corrected chi connectivity index (χ2v) is 6.63. The molecule has 0 radical (unpaired) electrons. The molecule has 2 fully saturated rings. The van der Waals surface area contributed by atoms with E-state index in [0.29, 0.717) is 12.3 Å². The van der Waals surface area contributed by atoms with Crippen molar-refractivity contribution in [1.29, 1.82) is 0 Å². The lowest BCUT2D eigenvalue weighted by Crippen LogP contribution is -2.58. The van der Waals surface area contributed by atoms with E-state index >= 15 is 0 Å². The molecule has 2 aliphatic heterocycles. The molecule has 20 heavy (non-hydrogen) atoms. The van der Waals surface area contributed by atoms with Crippen LogP contribution >= 0.6 is 0 Å². The van der Waals surface area contributed by atoms with Crippen LogP contribution in [0.25, 0.3) is 0 Å². The first-order valence-corrected chi connectivity index (χ1v) is 7.72. The number of carbonyl (C=O) groups excluding carboxylic acids is 1. The molecule has 116 valence electrons. The van der Waals surface area contributed by atoms with Crippen molar-refractivity contribution in [1.82, 2.24) is 15.1 Å². The Kier molecular flexibility index (Phi) is 5.41. The van der Waals surface area contributed by atoms with Crippen LogP contribution in [0.5, 0.6) is 0 Å². The monoisotopic (exact) mass is 283 g/mol. The summed E-state index contributed by atoms with van der Waals surface area (Å²) in [5.74, 6) is 0.600. The average molecular weight is 283 g/mol. The third kappa shape index (κ3) is 3.93. The number of nitrogens with one attached hydrogen (secondary N) is 1. The molecule has 2 heterocycles. The maximum Gasteiger partial charge on any atom is 0.220 e. The zero-order valence-corrected chi connectivity index (χ0v) is 13.2. The number of piperidine rings is 1. The van der Waals surface area contributed by atoms with Crippen molar-refractivity contribution in [3.63, 3.8) is 0 Å². The van der Waals surface area contributed by atoms with E-state index in [9.17, 15) is 4.79 Å². The highest BCUT2D eigenvalue weighted by molar-refractivity contribution is 5.76. The Bertz CT molecular complexity index is 319. The van der Waals surface area contributed by atoms with Crippen LogP contribution in [-0.4, -0.2) is 75.2 Å². The minimum absolute atomic E-state index is 0.119. The fraction of sp³-hybridized carbons (Fsp3) is 0.933. The van der Waals surface area contributed by atoms with Gasteiger partial charge in [-0.05, 0) is 59.4 Å². The van der Waals surface area contributed by atoms with Crippen LogP contribution in [0.1, 0.15) is 25.7 Å². The van der Waals surface area contributed by atoms with Crippen LogP contribution in [-0.2, 0) is 9.53 Å². The Morgan fingerprint density at radius 3 is 2.65 bits per heavy atom. The normalized spacial score (nSPS) is 26.9. The molecular weight excluding hydrogens is 254 g/mol. The van der Waals surface area contributed by atoms with E-state index in [-0.39, 0.29) is 11.4 Å². The number of ether oxygens (including phenoxy) is 1. The first kappa shape index (κ1) is 15.7. The van der Waals surface area contributed by atoms with Crippen molar-refractivity contribution in [3.8, 4) is 0 Å². The standard InChI is InChI=1S/C15H29N3O2/c1-17(2)15(5-7-18(3)8-6-15)12-16-14(19)10-13-4-9-20-11-13/h13H,4-12H2,1-3H3,(H,16,19). The molecule has 1 N–H and O–H groups in total. The van der Waals surface area contributed by atoms with Crippen molar-refractivity contribution >= 4 is 5.91 Å². The average Bonchev–Trinajstić information content (AvgIpc) is 2.91. The number of likely N-dealkylation sites (N-methyl/N-ethyl adjacent to an activating group) is 1. The van der Waals surface area contributed by atoms with Gasteiger partial charge in [0.2, 0.25) is 5.91 Å². The number of nitrogens with zero attached hydrogens (tertiary/aromatic N) is 2. The van der Waals surface area contributed by atoms with Gasteiger partial charge in [0, 0.05) is 31.7 Å². The van der Waals surface area contributed by atoms with Gasteiger partial charge in [0.1, 0.15) is 0 Å². The molecule has 2 rings (SSSR count). The Labute approximate surface area is 122 Å². The molecule has 0 saturated carbocycles. The summed E-state index contributed by atoms with van der Waals surface area (Å²) in [7, 11) is 6.42. The maximum absolute atomic E-state index is 12.1. The molecule has 5 nitrogen and oxygen atoms in total. The maximum atomic E-state index is 12.1. The van der Waals surface area contributed by atoms with Crippen molar-refractivity contribution in [3.05, 3.63) is 0 Å². The SMILES string of the molecule is CN1CCC(CNC(=O)CC2CCOC2)(N(C)C)CC1. The summed E-state index contributed by atoms with van der Waals surface area (Å²) in [4.78, 5) is 16.7. The Balaban J connectivity index is 1.81. The van der Waals surface area contributed by atoms with Crippen molar-refractivity contribution in [2.45, 2.75) is 31.2 Å². The minimum atomic E-state index is 0.119. The molecule has 1 unspecified atom stereocenters. The molecule has 2 aliphatic rings. The summed E-state index contributed by atoms with van der Waals surface area (Å²) < 4.78 is 5.33. The fourth-order valence-corrected chi connectivity index (χ4v) is 3.16. The van der Waals surface area contributed by atoms with E-state index < -0.39 is 0 Å². The Morgan fingerprint density at radius 1 is 1.40 bits per heavy atom. The third-order valence-electron chi connectivity index (χ3n) is 4.98.